The first kappa shape index (κ1) is 8.66. The van der Waals surface area contributed by atoms with E-state index in [1.54, 1.807) is 0 Å². The Bertz CT molecular complexity index is 361. The van der Waals surface area contributed by atoms with E-state index in [4.69, 9.17) is 0 Å². The molecule has 0 aromatic heterocycles. The largest absolute Gasteiger partial charge is 0.335 e. The van der Waals surface area contributed by atoms with Gasteiger partial charge in [0.25, 0.3) is 5.91 Å². The van der Waals surface area contributed by atoms with Crippen LogP contribution in [0.5, 0.6) is 0 Å². The number of hydrogen-bond acceptors (Lipinski definition) is 3. The normalized spacial score (nSPS) is 40.6. The van der Waals surface area contributed by atoms with Gasteiger partial charge in [0.1, 0.15) is 0 Å². The van der Waals surface area contributed by atoms with E-state index >= 15 is 0 Å². The van der Waals surface area contributed by atoms with E-state index in [0.29, 0.717) is 0 Å². The zero-order valence-corrected chi connectivity index (χ0v) is 6.48. The van der Waals surface area contributed by atoms with Crippen LogP contribution in [0.25, 0.3) is 0 Å². The summed E-state index contributed by atoms with van der Waals surface area (Å²) in [5.41, 5.74) is 0. The number of halogens is 2. The molecule has 0 spiro atoms. The second kappa shape index (κ2) is 2.11. The fourth-order valence-electron chi connectivity index (χ4n) is 1.22. The van der Waals surface area contributed by atoms with Crippen LogP contribution in [-0.4, -0.2) is 29.7 Å². The molecule has 0 radical (unpaired) electrons. The smallest absolute Gasteiger partial charge is 0.292 e. The van der Waals surface area contributed by atoms with Crippen molar-refractivity contribution in [1.82, 2.24) is 21.3 Å². The summed E-state index contributed by atoms with van der Waals surface area (Å²) in [7, 11) is 0. The van der Waals surface area contributed by atoms with Crippen molar-refractivity contribution in [3.63, 3.8) is 0 Å². The van der Waals surface area contributed by atoms with Gasteiger partial charge in [0.2, 0.25) is 0 Å². The van der Waals surface area contributed by atoms with Crippen LogP contribution in [0.4, 0.5) is 18.4 Å². The fourth-order valence-corrected chi connectivity index (χ4v) is 1.22. The third-order valence-corrected chi connectivity index (χ3v) is 1.87. The van der Waals surface area contributed by atoms with E-state index in [9.17, 15) is 23.2 Å². The Labute approximate surface area is 75.2 Å². The van der Waals surface area contributed by atoms with Crippen LogP contribution >= 0.6 is 0 Å². The van der Waals surface area contributed by atoms with Gasteiger partial charge in [-0.25, -0.2) is 14.0 Å². The van der Waals surface area contributed by atoms with Crippen molar-refractivity contribution in [2.24, 2.45) is 0 Å². The predicted molar refractivity (Wildman–Crippen MR) is 36.0 cm³/mol. The summed E-state index contributed by atoms with van der Waals surface area (Å²) >= 11 is 0. The number of amides is 5. The highest BCUT2D eigenvalue weighted by Crippen LogP contribution is 2.30. The third-order valence-electron chi connectivity index (χ3n) is 1.87. The molecule has 2 aliphatic rings. The molecule has 2 atom stereocenters. The van der Waals surface area contributed by atoms with Crippen molar-refractivity contribution < 1.29 is 23.2 Å². The number of carbonyl (C=O) groups excluding carboxylic acids is 3. The molecule has 0 aliphatic carbocycles. The number of rotatable bonds is 0. The number of nitrogens with one attached hydrogen (secondary N) is 4. The number of alkyl halides is 2. The Morgan fingerprint density at radius 3 is 2.14 bits per heavy atom. The molecule has 9 heteroatoms. The summed E-state index contributed by atoms with van der Waals surface area (Å²) in [6, 6.07) is -2.46. The second-order valence-electron chi connectivity index (χ2n) is 2.80. The van der Waals surface area contributed by atoms with E-state index in [0.717, 1.165) is 0 Å². The Balaban J connectivity index is 2.46. The third kappa shape index (κ3) is 0.805. The lowest BCUT2D eigenvalue weighted by molar-refractivity contribution is -0.150. The van der Waals surface area contributed by atoms with Crippen LogP contribution in [0.2, 0.25) is 0 Å². The molecule has 2 rings (SSSR count). The monoisotopic (exact) mass is 206 g/mol. The van der Waals surface area contributed by atoms with Gasteiger partial charge in [-0.1, -0.05) is 0 Å². The van der Waals surface area contributed by atoms with Gasteiger partial charge >= 0.3 is 23.8 Å². The highest BCUT2D eigenvalue weighted by molar-refractivity contribution is 6.06. The number of fused-ring (bicyclic) bond motifs is 1. The molecule has 2 saturated heterocycles. The van der Waals surface area contributed by atoms with E-state index in [-0.39, 0.29) is 0 Å². The molecule has 14 heavy (non-hydrogen) atoms. The molecule has 2 unspecified atom stereocenters. The maximum absolute atomic E-state index is 13.6. The summed E-state index contributed by atoms with van der Waals surface area (Å²) in [4.78, 5) is 32.2. The van der Waals surface area contributed by atoms with E-state index < -0.39 is 29.7 Å². The molecular formula is C5H4F2N4O3. The van der Waals surface area contributed by atoms with E-state index in [1.807, 2.05) is 0 Å². The number of imide groups is 1. The van der Waals surface area contributed by atoms with Crippen molar-refractivity contribution in [2.45, 2.75) is 11.7 Å². The van der Waals surface area contributed by atoms with Crippen LogP contribution in [0.1, 0.15) is 0 Å². The molecule has 0 aromatic carbocycles. The summed E-state index contributed by atoms with van der Waals surface area (Å²) in [5.74, 6) is -8.14. The van der Waals surface area contributed by atoms with Gasteiger partial charge < -0.3 is 0 Å². The number of carbonyl (C=O) groups is 3. The van der Waals surface area contributed by atoms with Gasteiger partial charge in [-0.15, -0.1) is 0 Å². The Hall–Kier alpha value is -1.93. The first-order valence-corrected chi connectivity index (χ1v) is 3.49. The van der Waals surface area contributed by atoms with Crippen molar-refractivity contribution >= 4 is 18.0 Å². The van der Waals surface area contributed by atoms with Crippen molar-refractivity contribution in [1.29, 1.82) is 0 Å². The molecule has 2 heterocycles. The maximum atomic E-state index is 13.6. The van der Waals surface area contributed by atoms with Gasteiger partial charge in [0, 0.05) is 0 Å². The van der Waals surface area contributed by atoms with Crippen molar-refractivity contribution in [3.8, 4) is 0 Å². The topological polar surface area (TPSA) is 99.3 Å². The zero-order chi connectivity index (χ0) is 10.6. The molecule has 0 aromatic rings. The lowest BCUT2D eigenvalue weighted by Crippen LogP contribution is -2.76. The molecular weight excluding hydrogens is 202 g/mol. The van der Waals surface area contributed by atoms with Gasteiger partial charge in [0.05, 0.1) is 0 Å². The Kier molecular flexibility index (Phi) is 1.30. The quantitative estimate of drug-likeness (QED) is 0.360. The summed E-state index contributed by atoms with van der Waals surface area (Å²) in [6.45, 7) is 0. The second-order valence-corrected chi connectivity index (χ2v) is 2.80. The van der Waals surface area contributed by atoms with Crippen molar-refractivity contribution in [2.75, 3.05) is 0 Å². The van der Waals surface area contributed by atoms with E-state index in [2.05, 4.69) is 0 Å². The van der Waals surface area contributed by atoms with Crippen LogP contribution in [-0.2, 0) is 4.79 Å². The maximum Gasteiger partial charge on any atom is 0.335 e. The lowest BCUT2D eigenvalue weighted by Gasteiger charge is -2.34. The predicted octanol–water partition coefficient (Wildman–Crippen LogP) is -1.57. The van der Waals surface area contributed by atoms with Crippen molar-refractivity contribution in [3.05, 3.63) is 0 Å². The number of urea groups is 2. The minimum absolute atomic E-state index is 1.23. The summed E-state index contributed by atoms with van der Waals surface area (Å²) < 4.78 is 27.1. The highest BCUT2D eigenvalue weighted by Gasteiger charge is 2.69. The molecule has 0 bridgehead atoms. The Morgan fingerprint density at radius 1 is 0.929 bits per heavy atom. The summed E-state index contributed by atoms with van der Waals surface area (Å²) in [6.07, 6.45) is 0. The fraction of sp³-hybridized carbons (Fsp3) is 0.400. The first-order chi connectivity index (χ1) is 6.37. The molecule has 2 aliphatic heterocycles. The minimum Gasteiger partial charge on any atom is -0.292 e. The zero-order valence-electron chi connectivity index (χ0n) is 6.48. The molecule has 76 valence electrons. The van der Waals surface area contributed by atoms with Gasteiger partial charge in [-0.2, -0.15) is 4.39 Å². The standard InChI is InChI=1S/C5H4F2N4O3/c6-4-1(12)8-2(13)10-5(4,7)11-3(14)9-4/h(H2,9,11,14)(H2,8,10,12,13). The molecule has 7 nitrogen and oxygen atoms in total. The average Bonchev–Trinajstić information content (AvgIpc) is 2.21. The van der Waals surface area contributed by atoms with Crippen LogP contribution < -0.4 is 21.3 Å². The van der Waals surface area contributed by atoms with E-state index in [1.165, 1.54) is 21.3 Å². The van der Waals surface area contributed by atoms with Crippen LogP contribution in [0, 0.1) is 0 Å². The van der Waals surface area contributed by atoms with Gasteiger partial charge in [-0.3, -0.25) is 26.1 Å². The molecule has 4 N–H and O–H groups in total. The SMILES string of the molecule is O=C1NC(=O)C2(F)NC(=O)NC2(F)N1. The Morgan fingerprint density at radius 2 is 1.50 bits per heavy atom. The summed E-state index contributed by atoms with van der Waals surface area (Å²) in [5, 5.41) is 5.80. The minimum atomic E-state index is -3.32. The highest BCUT2D eigenvalue weighted by atomic mass is 19.2. The molecule has 2 fully saturated rings. The molecule has 5 amide bonds. The first-order valence-electron chi connectivity index (χ1n) is 3.49. The van der Waals surface area contributed by atoms with Crippen LogP contribution in [0.15, 0.2) is 0 Å². The average molecular weight is 206 g/mol. The van der Waals surface area contributed by atoms with Crippen LogP contribution in [0.3, 0.4) is 0 Å². The number of hydrogen-bond donors (Lipinski definition) is 4. The lowest BCUT2D eigenvalue weighted by atomic mass is 10.1. The molecule has 0 saturated carbocycles. The van der Waals surface area contributed by atoms with Gasteiger partial charge in [0.15, 0.2) is 0 Å². The van der Waals surface area contributed by atoms with Gasteiger partial charge in [-0.05, 0) is 0 Å².